The fraction of sp³-hybridized carbons (Fsp3) is 1.00. The molecule has 0 saturated heterocycles. The molecule has 1 unspecified atom stereocenters. The molecule has 0 spiro atoms. The van der Waals surface area contributed by atoms with Gasteiger partial charge >= 0.3 is 0 Å². The number of aliphatic hydroxyl groups excluding tert-OH is 1. The summed E-state index contributed by atoms with van der Waals surface area (Å²) >= 11 is 0. The van der Waals surface area contributed by atoms with Crippen molar-refractivity contribution >= 4 is 0 Å². The zero-order chi connectivity index (χ0) is 7.28. The van der Waals surface area contributed by atoms with Crippen molar-refractivity contribution in [3.8, 4) is 0 Å². The molecule has 0 aromatic heterocycles. The Morgan fingerprint density at radius 1 is 1.44 bits per heavy atom. The van der Waals surface area contributed by atoms with Gasteiger partial charge in [-0.05, 0) is 12.5 Å². The standard InChI is InChI=1S/C7H17NO/c1-4-8-5-7(9)6(2)3/h6-9H,4-5H2,1-3H3. The molecule has 2 heteroatoms. The maximum Gasteiger partial charge on any atom is 0.0687 e. The summed E-state index contributed by atoms with van der Waals surface area (Å²) in [5, 5.41) is 12.3. The highest BCUT2D eigenvalue weighted by Gasteiger charge is 2.06. The Bertz CT molecular complexity index is 63.9. The van der Waals surface area contributed by atoms with E-state index in [-0.39, 0.29) is 6.10 Å². The van der Waals surface area contributed by atoms with Crippen LogP contribution >= 0.6 is 0 Å². The van der Waals surface area contributed by atoms with Crippen LogP contribution in [-0.2, 0) is 0 Å². The second kappa shape index (κ2) is 4.77. The van der Waals surface area contributed by atoms with Crippen molar-refractivity contribution in [2.24, 2.45) is 5.92 Å². The van der Waals surface area contributed by atoms with Crippen LogP contribution < -0.4 is 5.32 Å². The zero-order valence-corrected chi connectivity index (χ0v) is 6.52. The van der Waals surface area contributed by atoms with Crippen molar-refractivity contribution in [3.63, 3.8) is 0 Å². The van der Waals surface area contributed by atoms with E-state index in [4.69, 9.17) is 0 Å². The van der Waals surface area contributed by atoms with E-state index in [1.54, 1.807) is 0 Å². The largest absolute Gasteiger partial charge is 0.392 e. The molecule has 0 aliphatic carbocycles. The van der Waals surface area contributed by atoms with Crippen LogP contribution in [0.25, 0.3) is 0 Å². The molecule has 0 aliphatic rings. The van der Waals surface area contributed by atoms with Gasteiger partial charge < -0.3 is 10.4 Å². The molecular weight excluding hydrogens is 114 g/mol. The highest BCUT2D eigenvalue weighted by atomic mass is 16.3. The van der Waals surface area contributed by atoms with E-state index in [9.17, 15) is 5.11 Å². The van der Waals surface area contributed by atoms with Gasteiger partial charge in [-0.15, -0.1) is 0 Å². The number of hydrogen-bond donors (Lipinski definition) is 2. The maximum atomic E-state index is 9.20. The predicted molar refractivity (Wildman–Crippen MR) is 39.4 cm³/mol. The summed E-state index contributed by atoms with van der Waals surface area (Å²) in [7, 11) is 0. The van der Waals surface area contributed by atoms with Gasteiger partial charge in [-0.25, -0.2) is 0 Å². The molecule has 0 amide bonds. The number of aliphatic hydroxyl groups is 1. The third kappa shape index (κ3) is 4.43. The molecule has 2 N–H and O–H groups in total. The molecule has 0 aromatic rings. The lowest BCUT2D eigenvalue weighted by Gasteiger charge is -2.13. The predicted octanol–water partition coefficient (Wildman–Crippen LogP) is 0.613. The highest BCUT2D eigenvalue weighted by molar-refractivity contribution is 4.61. The summed E-state index contributed by atoms with van der Waals surface area (Å²) in [5.41, 5.74) is 0. The average molecular weight is 131 g/mol. The molecular formula is C7H17NO. The first kappa shape index (κ1) is 8.92. The summed E-state index contributed by atoms with van der Waals surface area (Å²) in [6, 6.07) is 0. The quantitative estimate of drug-likeness (QED) is 0.586. The van der Waals surface area contributed by atoms with Crippen LogP contribution in [0, 0.1) is 5.92 Å². The first-order chi connectivity index (χ1) is 4.18. The van der Waals surface area contributed by atoms with Gasteiger partial charge in [0.2, 0.25) is 0 Å². The molecule has 0 saturated carbocycles. The highest BCUT2D eigenvalue weighted by Crippen LogP contribution is 1.97. The third-order valence-electron chi connectivity index (χ3n) is 1.37. The third-order valence-corrected chi connectivity index (χ3v) is 1.37. The average Bonchev–Trinajstić information content (AvgIpc) is 1.82. The van der Waals surface area contributed by atoms with E-state index in [0.717, 1.165) is 6.54 Å². The molecule has 0 aromatic carbocycles. The minimum Gasteiger partial charge on any atom is -0.392 e. The van der Waals surface area contributed by atoms with Gasteiger partial charge in [0.15, 0.2) is 0 Å². The van der Waals surface area contributed by atoms with E-state index in [1.807, 2.05) is 20.8 Å². The Morgan fingerprint density at radius 2 is 2.00 bits per heavy atom. The number of rotatable bonds is 4. The summed E-state index contributed by atoms with van der Waals surface area (Å²) in [6.07, 6.45) is -0.190. The van der Waals surface area contributed by atoms with Gasteiger partial charge in [0.05, 0.1) is 6.10 Å². The van der Waals surface area contributed by atoms with E-state index in [2.05, 4.69) is 5.32 Å². The smallest absolute Gasteiger partial charge is 0.0687 e. The topological polar surface area (TPSA) is 32.3 Å². The Kier molecular flexibility index (Phi) is 4.72. The molecule has 0 rings (SSSR count). The van der Waals surface area contributed by atoms with Crippen molar-refractivity contribution in [2.75, 3.05) is 13.1 Å². The Hall–Kier alpha value is -0.0800. The lowest BCUT2D eigenvalue weighted by atomic mass is 10.1. The SMILES string of the molecule is CCNCC(O)C(C)C. The Morgan fingerprint density at radius 3 is 2.33 bits per heavy atom. The Labute approximate surface area is 57.3 Å². The lowest BCUT2D eigenvalue weighted by Crippen LogP contribution is -2.30. The number of hydrogen-bond acceptors (Lipinski definition) is 2. The van der Waals surface area contributed by atoms with Crippen molar-refractivity contribution in [3.05, 3.63) is 0 Å². The monoisotopic (exact) mass is 131 g/mol. The van der Waals surface area contributed by atoms with E-state index < -0.39 is 0 Å². The van der Waals surface area contributed by atoms with Gasteiger partial charge in [0.1, 0.15) is 0 Å². The van der Waals surface area contributed by atoms with Crippen molar-refractivity contribution in [1.82, 2.24) is 5.32 Å². The van der Waals surface area contributed by atoms with Gasteiger partial charge in [0.25, 0.3) is 0 Å². The van der Waals surface area contributed by atoms with Crippen LogP contribution in [0.5, 0.6) is 0 Å². The summed E-state index contributed by atoms with van der Waals surface area (Å²) in [6.45, 7) is 7.72. The van der Waals surface area contributed by atoms with Crippen LogP contribution in [0.4, 0.5) is 0 Å². The van der Waals surface area contributed by atoms with E-state index >= 15 is 0 Å². The normalized spacial score (nSPS) is 14.3. The van der Waals surface area contributed by atoms with Crippen LogP contribution in [0.2, 0.25) is 0 Å². The first-order valence-electron chi connectivity index (χ1n) is 3.57. The minimum absolute atomic E-state index is 0.190. The number of likely N-dealkylation sites (N-methyl/N-ethyl adjacent to an activating group) is 1. The first-order valence-corrected chi connectivity index (χ1v) is 3.57. The van der Waals surface area contributed by atoms with Gasteiger partial charge in [-0.1, -0.05) is 20.8 Å². The Balaban J connectivity index is 3.16. The van der Waals surface area contributed by atoms with Crippen LogP contribution in [0.1, 0.15) is 20.8 Å². The summed E-state index contributed by atoms with van der Waals surface area (Å²) < 4.78 is 0. The van der Waals surface area contributed by atoms with Gasteiger partial charge in [-0.2, -0.15) is 0 Å². The molecule has 56 valence electrons. The van der Waals surface area contributed by atoms with Crippen LogP contribution in [0.3, 0.4) is 0 Å². The molecule has 0 fully saturated rings. The number of nitrogens with one attached hydrogen (secondary N) is 1. The molecule has 0 bridgehead atoms. The zero-order valence-electron chi connectivity index (χ0n) is 6.52. The fourth-order valence-electron chi connectivity index (χ4n) is 0.528. The summed E-state index contributed by atoms with van der Waals surface area (Å²) in [4.78, 5) is 0. The van der Waals surface area contributed by atoms with Crippen molar-refractivity contribution in [1.29, 1.82) is 0 Å². The van der Waals surface area contributed by atoms with Crippen molar-refractivity contribution in [2.45, 2.75) is 26.9 Å². The molecule has 0 aliphatic heterocycles. The van der Waals surface area contributed by atoms with Gasteiger partial charge in [-0.3, -0.25) is 0 Å². The van der Waals surface area contributed by atoms with Crippen molar-refractivity contribution < 1.29 is 5.11 Å². The minimum atomic E-state index is -0.190. The second-order valence-electron chi connectivity index (χ2n) is 2.62. The van der Waals surface area contributed by atoms with Crippen LogP contribution in [-0.4, -0.2) is 24.3 Å². The second-order valence-corrected chi connectivity index (χ2v) is 2.62. The lowest BCUT2D eigenvalue weighted by molar-refractivity contribution is 0.124. The van der Waals surface area contributed by atoms with Crippen LogP contribution in [0.15, 0.2) is 0 Å². The maximum absolute atomic E-state index is 9.20. The fourth-order valence-corrected chi connectivity index (χ4v) is 0.528. The molecule has 9 heavy (non-hydrogen) atoms. The molecule has 0 radical (unpaired) electrons. The van der Waals surface area contributed by atoms with E-state index in [0.29, 0.717) is 12.5 Å². The van der Waals surface area contributed by atoms with E-state index in [1.165, 1.54) is 0 Å². The summed E-state index contributed by atoms with van der Waals surface area (Å²) in [5.74, 6) is 0.365. The molecule has 2 nitrogen and oxygen atoms in total. The molecule has 1 atom stereocenters. The van der Waals surface area contributed by atoms with Gasteiger partial charge in [0, 0.05) is 6.54 Å². The molecule has 0 heterocycles.